The van der Waals surface area contributed by atoms with Gasteiger partial charge in [0.05, 0.1) is 6.10 Å². The number of benzene rings is 1. The molecular weight excluding hydrogens is 265 g/mol. The average Bonchev–Trinajstić information content (AvgIpc) is 3.09. The second kappa shape index (κ2) is 5.96. The van der Waals surface area contributed by atoms with E-state index in [1.807, 2.05) is 13.0 Å². The zero-order chi connectivity index (χ0) is 15.0. The van der Waals surface area contributed by atoms with Gasteiger partial charge in [0.25, 0.3) is 0 Å². The maximum atomic E-state index is 13.9. The van der Waals surface area contributed by atoms with Crippen molar-refractivity contribution in [1.82, 2.24) is 0 Å². The summed E-state index contributed by atoms with van der Waals surface area (Å²) >= 11 is 0. The van der Waals surface area contributed by atoms with Crippen LogP contribution in [0.4, 0.5) is 10.1 Å². The quantitative estimate of drug-likeness (QED) is 0.895. The van der Waals surface area contributed by atoms with Crippen molar-refractivity contribution in [2.75, 3.05) is 11.4 Å². The molecule has 1 saturated carbocycles. The Balaban J connectivity index is 1.96. The van der Waals surface area contributed by atoms with Crippen molar-refractivity contribution in [3.63, 3.8) is 0 Å². The van der Waals surface area contributed by atoms with Gasteiger partial charge in [-0.25, -0.2) is 4.39 Å². The Kier molecular flexibility index (Phi) is 4.21. The zero-order valence-electron chi connectivity index (χ0n) is 13.1. The molecule has 2 nitrogen and oxygen atoms in total. The summed E-state index contributed by atoms with van der Waals surface area (Å²) in [5.74, 6) is 0.561. The van der Waals surface area contributed by atoms with Gasteiger partial charge in [0.15, 0.2) is 0 Å². The van der Waals surface area contributed by atoms with Crippen LogP contribution in [0.5, 0.6) is 0 Å². The molecular formula is C18H26FNO. The standard InChI is InChI=1S/C18H26FNO/c1-12-10-18(15(13(2)21)11-16(12)19)20-9-5-8-17(20)14-6-3-4-7-14/h10-11,13-14,17,21H,3-9H2,1-2H3/t13-,17?/m1/s1. The zero-order valence-corrected chi connectivity index (χ0v) is 13.1. The van der Waals surface area contributed by atoms with Gasteiger partial charge in [-0.1, -0.05) is 12.8 Å². The van der Waals surface area contributed by atoms with Crippen LogP contribution in [0.15, 0.2) is 12.1 Å². The lowest BCUT2D eigenvalue weighted by atomic mass is 9.94. The Bertz CT molecular complexity index is 508. The van der Waals surface area contributed by atoms with Crippen molar-refractivity contribution in [3.8, 4) is 0 Å². The molecule has 1 heterocycles. The van der Waals surface area contributed by atoms with Gasteiger partial charge < -0.3 is 10.0 Å². The topological polar surface area (TPSA) is 23.5 Å². The first kappa shape index (κ1) is 14.8. The summed E-state index contributed by atoms with van der Waals surface area (Å²) in [5.41, 5.74) is 2.47. The Morgan fingerprint density at radius 1 is 1.19 bits per heavy atom. The van der Waals surface area contributed by atoms with E-state index in [9.17, 15) is 9.50 Å². The molecule has 1 N–H and O–H groups in total. The lowest BCUT2D eigenvalue weighted by Gasteiger charge is -2.33. The van der Waals surface area contributed by atoms with E-state index in [1.54, 1.807) is 6.92 Å². The van der Waals surface area contributed by atoms with Crippen LogP contribution in [0, 0.1) is 18.7 Å². The average molecular weight is 291 g/mol. The van der Waals surface area contributed by atoms with Gasteiger partial charge in [0.1, 0.15) is 5.82 Å². The van der Waals surface area contributed by atoms with Crippen molar-refractivity contribution in [2.45, 2.75) is 64.5 Å². The van der Waals surface area contributed by atoms with Crippen molar-refractivity contribution >= 4 is 5.69 Å². The fourth-order valence-electron chi connectivity index (χ4n) is 4.19. The third kappa shape index (κ3) is 2.80. The lowest BCUT2D eigenvalue weighted by Crippen LogP contribution is -2.35. The van der Waals surface area contributed by atoms with Gasteiger partial charge in [-0.05, 0) is 63.1 Å². The van der Waals surface area contributed by atoms with E-state index in [4.69, 9.17) is 0 Å². The molecule has 1 aromatic rings. The minimum Gasteiger partial charge on any atom is -0.389 e. The van der Waals surface area contributed by atoms with Gasteiger partial charge >= 0.3 is 0 Å². The summed E-state index contributed by atoms with van der Waals surface area (Å²) < 4.78 is 13.9. The van der Waals surface area contributed by atoms with Crippen LogP contribution in [0.25, 0.3) is 0 Å². The first-order valence-corrected chi connectivity index (χ1v) is 8.32. The molecule has 3 heteroatoms. The van der Waals surface area contributed by atoms with E-state index >= 15 is 0 Å². The number of halogens is 1. The van der Waals surface area contributed by atoms with Gasteiger partial charge in [0.2, 0.25) is 0 Å². The summed E-state index contributed by atoms with van der Waals surface area (Å²) in [6.07, 6.45) is 7.16. The van der Waals surface area contributed by atoms with Gasteiger partial charge in [0, 0.05) is 23.8 Å². The van der Waals surface area contributed by atoms with Crippen molar-refractivity contribution < 1.29 is 9.50 Å². The van der Waals surface area contributed by atoms with E-state index in [0.29, 0.717) is 11.6 Å². The van der Waals surface area contributed by atoms with Crippen molar-refractivity contribution in [2.24, 2.45) is 5.92 Å². The first-order valence-electron chi connectivity index (χ1n) is 8.32. The molecule has 0 spiro atoms. The van der Waals surface area contributed by atoms with Crippen LogP contribution in [-0.4, -0.2) is 17.7 Å². The molecule has 2 fully saturated rings. The molecule has 1 aliphatic heterocycles. The molecule has 1 unspecified atom stereocenters. The van der Waals surface area contributed by atoms with Crippen LogP contribution >= 0.6 is 0 Å². The number of hydrogen-bond donors (Lipinski definition) is 1. The predicted octanol–water partition coefficient (Wildman–Crippen LogP) is 4.35. The fraction of sp³-hybridized carbons (Fsp3) is 0.667. The summed E-state index contributed by atoms with van der Waals surface area (Å²) in [4.78, 5) is 2.45. The molecule has 0 amide bonds. The molecule has 21 heavy (non-hydrogen) atoms. The highest BCUT2D eigenvalue weighted by Gasteiger charge is 2.34. The van der Waals surface area contributed by atoms with E-state index in [1.165, 1.54) is 44.6 Å². The number of rotatable bonds is 3. The number of anilines is 1. The summed E-state index contributed by atoms with van der Waals surface area (Å²) in [7, 11) is 0. The highest BCUT2D eigenvalue weighted by molar-refractivity contribution is 5.58. The van der Waals surface area contributed by atoms with Crippen LogP contribution in [0.1, 0.15) is 62.7 Å². The predicted molar refractivity (Wildman–Crippen MR) is 84.1 cm³/mol. The second-order valence-electron chi connectivity index (χ2n) is 6.78. The largest absolute Gasteiger partial charge is 0.389 e. The summed E-state index contributed by atoms with van der Waals surface area (Å²) in [5, 5.41) is 10.0. The van der Waals surface area contributed by atoms with E-state index in [2.05, 4.69) is 4.90 Å². The van der Waals surface area contributed by atoms with Crippen LogP contribution in [0.3, 0.4) is 0 Å². The monoisotopic (exact) mass is 291 g/mol. The normalized spacial score (nSPS) is 24.8. The third-order valence-electron chi connectivity index (χ3n) is 5.31. The van der Waals surface area contributed by atoms with E-state index in [0.717, 1.165) is 23.7 Å². The molecule has 2 atom stereocenters. The third-order valence-corrected chi connectivity index (χ3v) is 5.31. The Hall–Kier alpha value is -1.09. The van der Waals surface area contributed by atoms with Gasteiger partial charge in [-0.2, -0.15) is 0 Å². The molecule has 2 aliphatic rings. The molecule has 1 aromatic carbocycles. The second-order valence-corrected chi connectivity index (χ2v) is 6.78. The fourth-order valence-corrected chi connectivity index (χ4v) is 4.19. The molecule has 116 valence electrons. The Morgan fingerprint density at radius 2 is 1.90 bits per heavy atom. The maximum Gasteiger partial charge on any atom is 0.126 e. The Labute approximate surface area is 127 Å². The number of aliphatic hydroxyl groups is 1. The highest BCUT2D eigenvalue weighted by Crippen LogP contribution is 2.40. The van der Waals surface area contributed by atoms with Crippen LogP contribution < -0.4 is 4.90 Å². The lowest BCUT2D eigenvalue weighted by molar-refractivity contribution is 0.199. The number of aryl methyl sites for hydroxylation is 1. The summed E-state index contributed by atoms with van der Waals surface area (Å²) in [6, 6.07) is 4.04. The SMILES string of the molecule is Cc1cc(N2CCCC2C2CCCC2)c([C@@H](C)O)cc1F. The van der Waals surface area contributed by atoms with E-state index in [-0.39, 0.29) is 5.82 Å². The number of aliphatic hydroxyl groups excluding tert-OH is 1. The van der Waals surface area contributed by atoms with Crippen molar-refractivity contribution in [1.29, 1.82) is 0 Å². The smallest absolute Gasteiger partial charge is 0.126 e. The van der Waals surface area contributed by atoms with Crippen LogP contribution in [0.2, 0.25) is 0 Å². The molecule has 0 aromatic heterocycles. The first-order chi connectivity index (χ1) is 10.1. The van der Waals surface area contributed by atoms with Crippen molar-refractivity contribution in [3.05, 3.63) is 29.1 Å². The molecule has 0 bridgehead atoms. The molecule has 1 saturated heterocycles. The molecule has 3 rings (SSSR count). The highest BCUT2D eigenvalue weighted by atomic mass is 19.1. The minimum atomic E-state index is -0.625. The number of nitrogens with zero attached hydrogens (tertiary/aromatic N) is 1. The van der Waals surface area contributed by atoms with E-state index < -0.39 is 6.10 Å². The Morgan fingerprint density at radius 3 is 2.57 bits per heavy atom. The minimum absolute atomic E-state index is 0.216. The van der Waals surface area contributed by atoms with Gasteiger partial charge in [-0.3, -0.25) is 0 Å². The summed E-state index contributed by atoms with van der Waals surface area (Å²) in [6.45, 7) is 4.57. The van der Waals surface area contributed by atoms with Gasteiger partial charge in [-0.15, -0.1) is 0 Å². The molecule has 0 radical (unpaired) electrons. The maximum absolute atomic E-state index is 13.9. The molecule has 1 aliphatic carbocycles. The van der Waals surface area contributed by atoms with Crippen LogP contribution in [-0.2, 0) is 0 Å². The number of hydrogen-bond acceptors (Lipinski definition) is 2.